The van der Waals surface area contributed by atoms with E-state index in [-0.39, 0.29) is 36.2 Å². The lowest BCUT2D eigenvalue weighted by Crippen LogP contribution is -2.38. The number of carboxylic acid groups (broad SMARTS) is 1. The summed E-state index contributed by atoms with van der Waals surface area (Å²) in [5.74, 6) is 0.273. The topological polar surface area (TPSA) is 107 Å². The van der Waals surface area contributed by atoms with Crippen LogP contribution in [-0.2, 0) is 19.1 Å². The number of carbonyl (C=O) groups is 3. The normalized spacial score (nSPS) is 19.4. The molecule has 2 atom stereocenters. The zero-order chi connectivity index (χ0) is 31.8. The highest BCUT2D eigenvalue weighted by Crippen LogP contribution is 2.38. The number of aliphatic carboxylic acids is 1. The molecule has 2 N–H and O–H groups in total. The molecule has 0 radical (unpaired) electrons. The van der Waals surface area contributed by atoms with Gasteiger partial charge in [-0.25, -0.2) is 0 Å². The van der Waals surface area contributed by atoms with Crippen LogP contribution in [0.25, 0.3) is 0 Å². The van der Waals surface area contributed by atoms with Gasteiger partial charge in [-0.15, -0.1) is 0 Å². The number of likely N-dealkylation sites (N-methyl/N-ethyl adjacent to an activating group) is 1. The van der Waals surface area contributed by atoms with Gasteiger partial charge in [0.15, 0.2) is 0 Å². The number of aliphatic hydroxyl groups is 1. The number of carbonyl (C=O) groups excluding carboxylic acids is 2. The number of benzene rings is 1. The van der Waals surface area contributed by atoms with Crippen molar-refractivity contribution in [3.05, 3.63) is 58.3 Å². The smallest absolute Gasteiger partial charge is 0.306 e. The largest absolute Gasteiger partial charge is 0.496 e. The van der Waals surface area contributed by atoms with Crippen molar-refractivity contribution in [1.29, 1.82) is 0 Å². The highest BCUT2D eigenvalue weighted by molar-refractivity contribution is 6.30. The Morgan fingerprint density at radius 1 is 1.17 bits per heavy atom. The van der Waals surface area contributed by atoms with Gasteiger partial charge in [-0.1, -0.05) is 57.5 Å². The molecule has 9 heteroatoms. The SMILES string of the molecule is CC.CC(=O)N1CCC(C(=O)O)CC1.CCO/C(=C/C=C\CC1CN(C)C(=O)C(CC(C)C)c2ccc(Cl)cc21)CO. The zero-order valence-corrected chi connectivity index (χ0v) is 27.2. The molecule has 2 unspecified atom stereocenters. The van der Waals surface area contributed by atoms with E-state index in [0.717, 1.165) is 24.0 Å². The Hall–Kier alpha value is -2.84. The van der Waals surface area contributed by atoms with Crippen LogP contribution in [0.4, 0.5) is 0 Å². The number of piperidine rings is 1. The van der Waals surface area contributed by atoms with E-state index < -0.39 is 5.97 Å². The quantitative estimate of drug-likeness (QED) is 0.254. The molecule has 0 saturated carbocycles. The fourth-order valence-electron chi connectivity index (χ4n) is 5.23. The number of fused-ring (bicyclic) bond motifs is 1. The van der Waals surface area contributed by atoms with E-state index in [1.807, 2.05) is 57.0 Å². The molecule has 2 heterocycles. The van der Waals surface area contributed by atoms with Gasteiger partial charge >= 0.3 is 5.97 Å². The van der Waals surface area contributed by atoms with Gasteiger partial charge in [-0.05, 0) is 67.9 Å². The number of ether oxygens (including phenoxy) is 1. The monoisotopic (exact) mass is 606 g/mol. The summed E-state index contributed by atoms with van der Waals surface area (Å²) in [6.45, 7) is 14.0. The van der Waals surface area contributed by atoms with Gasteiger partial charge in [-0.2, -0.15) is 0 Å². The first kappa shape index (κ1) is 37.2. The number of likely N-dealkylation sites (tertiary alicyclic amines) is 1. The summed E-state index contributed by atoms with van der Waals surface area (Å²) in [6.07, 6.45) is 8.55. The highest BCUT2D eigenvalue weighted by Gasteiger charge is 2.33. The first-order chi connectivity index (χ1) is 20.0. The van der Waals surface area contributed by atoms with Crippen LogP contribution < -0.4 is 0 Å². The summed E-state index contributed by atoms with van der Waals surface area (Å²) in [7, 11) is 1.89. The second-order valence-electron chi connectivity index (χ2n) is 10.9. The van der Waals surface area contributed by atoms with E-state index in [1.165, 1.54) is 6.92 Å². The van der Waals surface area contributed by atoms with Gasteiger partial charge in [0, 0.05) is 44.5 Å². The van der Waals surface area contributed by atoms with Crippen molar-refractivity contribution in [3.63, 3.8) is 0 Å². The van der Waals surface area contributed by atoms with Crippen molar-refractivity contribution < 1.29 is 29.3 Å². The summed E-state index contributed by atoms with van der Waals surface area (Å²) in [4.78, 5) is 38.0. The van der Waals surface area contributed by atoms with Crippen LogP contribution in [0.5, 0.6) is 0 Å². The zero-order valence-electron chi connectivity index (χ0n) is 26.4. The summed E-state index contributed by atoms with van der Waals surface area (Å²) >= 11 is 6.31. The minimum atomic E-state index is -0.738. The van der Waals surface area contributed by atoms with Gasteiger partial charge in [0.2, 0.25) is 11.8 Å². The number of nitrogens with zero attached hydrogens (tertiary/aromatic N) is 2. The van der Waals surface area contributed by atoms with Crippen LogP contribution in [0, 0.1) is 11.8 Å². The molecule has 8 nitrogen and oxygen atoms in total. The van der Waals surface area contributed by atoms with Crippen molar-refractivity contribution in [2.45, 2.75) is 79.1 Å². The summed E-state index contributed by atoms with van der Waals surface area (Å²) in [5, 5.41) is 18.6. The van der Waals surface area contributed by atoms with Crippen LogP contribution in [0.15, 0.2) is 42.2 Å². The number of amides is 2. The molecule has 1 aromatic rings. The molecule has 1 saturated heterocycles. The number of hydrogen-bond acceptors (Lipinski definition) is 5. The van der Waals surface area contributed by atoms with E-state index in [9.17, 15) is 19.5 Å². The van der Waals surface area contributed by atoms with Crippen molar-refractivity contribution in [2.24, 2.45) is 11.8 Å². The molecule has 1 aromatic carbocycles. The highest BCUT2D eigenvalue weighted by atomic mass is 35.5. The van der Waals surface area contributed by atoms with Crippen molar-refractivity contribution in [2.75, 3.05) is 39.9 Å². The van der Waals surface area contributed by atoms with Crippen LogP contribution in [0.3, 0.4) is 0 Å². The number of carboxylic acids is 1. The van der Waals surface area contributed by atoms with E-state index in [4.69, 9.17) is 21.4 Å². The van der Waals surface area contributed by atoms with Gasteiger partial charge in [-0.3, -0.25) is 14.4 Å². The minimum Gasteiger partial charge on any atom is -0.496 e. The Morgan fingerprint density at radius 3 is 2.33 bits per heavy atom. The third-order valence-corrected chi connectivity index (χ3v) is 7.59. The van der Waals surface area contributed by atoms with Gasteiger partial charge < -0.3 is 24.7 Å². The molecule has 0 spiro atoms. The molecular formula is C33H51ClN2O6. The fourth-order valence-corrected chi connectivity index (χ4v) is 5.41. The number of halogens is 1. The Labute approximate surface area is 257 Å². The van der Waals surface area contributed by atoms with Crippen molar-refractivity contribution in [1.82, 2.24) is 9.80 Å². The number of allylic oxidation sites excluding steroid dienone is 3. The first-order valence-corrected chi connectivity index (χ1v) is 15.5. The average Bonchev–Trinajstić information content (AvgIpc) is 3.06. The van der Waals surface area contributed by atoms with Gasteiger partial charge in [0.1, 0.15) is 12.4 Å². The number of hydrogen-bond donors (Lipinski definition) is 2. The van der Waals surface area contributed by atoms with E-state index >= 15 is 0 Å². The van der Waals surface area contributed by atoms with E-state index in [1.54, 1.807) is 11.0 Å². The third kappa shape index (κ3) is 11.8. The van der Waals surface area contributed by atoms with Crippen molar-refractivity contribution >= 4 is 29.4 Å². The molecule has 3 rings (SSSR count). The van der Waals surface area contributed by atoms with E-state index in [0.29, 0.717) is 55.8 Å². The second-order valence-corrected chi connectivity index (χ2v) is 11.3. The lowest BCUT2D eigenvalue weighted by Gasteiger charge is -2.28. The Morgan fingerprint density at radius 2 is 1.81 bits per heavy atom. The maximum Gasteiger partial charge on any atom is 0.306 e. The molecule has 0 bridgehead atoms. The Bertz CT molecular complexity index is 1040. The fraction of sp³-hybridized carbons (Fsp3) is 0.606. The summed E-state index contributed by atoms with van der Waals surface area (Å²) in [5.41, 5.74) is 2.27. The van der Waals surface area contributed by atoms with Crippen LogP contribution >= 0.6 is 11.6 Å². The predicted molar refractivity (Wildman–Crippen MR) is 169 cm³/mol. The molecule has 0 aromatic heterocycles. The van der Waals surface area contributed by atoms with Gasteiger partial charge in [0.05, 0.1) is 18.4 Å². The van der Waals surface area contributed by atoms with Crippen molar-refractivity contribution in [3.8, 4) is 0 Å². The molecule has 2 aliphatic rings. The lowest BCUT2D eigenvalue weighted by molar-refractivity contribution is -0.145. The molecule has 2 aliphatic heterocycles. The summed E-state index contributed by atoms with van der Waals surface area (Å²) in [6, 6.07) is 5.93. The van der Waals surface area contributed by atoms with E-state index in [2.05, 4.69) is 19.9 Å². The standard InChI is InChI=1S/C23H32ClNO3.C8H13NO3.C2H6/c1-5-28-19(15-26)9-7-6-8-17-14-25(4)23(27)22(12-16(2)3)20-11-10-18(24)13-21(17)20;1-6(10)9-4-2-7(3-5-9)8(11)12;1-2/h6-7,9-11,13,16-17,22,26H,5,8,12,14-15H2,1-4H3;7H,2-5H2,1H3,(H,11,12);1-2H3/b7-6-,19-9+;;. The minimum absolute atomic E-state index is 0.0406. The molecule has 42 heavy (non-hydrogen) atoms. The number of aliphatic hydroxyl groups excluding tert-OH is 1. The molecule has 2 amide bonds. The molecule has 1 fully saturated rings. The molecular weight excluding hydrogens is 556 g/mol. The maximum atomic E-state index is 13.0. The Kier molecular flexibility index (Phi) is 17.1. The third-order valence-electron chi connectivity index (χ3n) is 7.35. The summed E-state index contributed by atoms with van der Waals surface area (Å²) < 4.78 is 5.35. The maximum absolute atomic E-state index is 13.0. The van der Waals surface area contributed by atoms with Crippen LogP contribution in [0.1, 0.15) is 90.2 Å². The first-order valence-electron chi connectivity index (χ1n) is 15.1. The predicted octanol–water partition coefficient (Wildman–Crippen LogP) is 6.24. The van der Waals surface area contributed by atoms with Crippen LogP contribution in [0.2, 0.25) is 5.02 Å². The van der Waals surface area contributed by atoms with Gasteiger partial charge in [0.25, 0.3) is 0 Å². The molecule has 236 valence electrons. The number of rotatable bonds is 9. The average molecular weight is 607 g/mol. The molecule has 0 aliphatic carbocycles. The second kappa shape index (κ2) is 19.4. The lowest BCUT2D eigenvalue weighted by atomic mass is 9.83. The Balaban J connectivity index is 0.000000524. The van der Waals surface area contributed by atoms with Crippen LogP contribution in [-0.4, -0.2) is 77.7 Å².